The van der Waals surface area contributed by atoms with E-state index in [-0.39, 0.29) is 16.3 Å². The number of halogens is 1. The molecule has 0 saturated carbocycles. The number of non-ortho nitro benzene ring substituents is 1. The number of carbonyl (C=O) groups is 1. The molecular formula is C19H13ClN2O3. The van der Waals surface area contributed by atoms with Crippen LogP contribution in [0, 0.1) is 10.1 Å². The topological polar surface area (TPSA) is 72.2 Å². The molecule has 0 spiro atoms. The minimum absolute atomic E-state index is 0.0544. The van der Waals surface area contributed by atoms with Crippen molar-refractivity contribution in [3.8, 4) is 11.1 Å². The molecule has 0 saturated heterocycles. The smallest absolute Gasteiger partial charge is 0.270 e. The van der Waals surface area contributed by atoms with Gasteiger partial charge in [0, 0.05) is 23.4 Å². The molecule has 0 heterocycles. The maximum Gasteiger partial charge on any atom is 0.270 e. The summed E-state index contributed by atoms with van der Waals surface area (Å²) in [6.07, 6.45) is 0. The summed E-state index contributed by atoms with van der Waals surface area (Å²) in [7, 11) is 0. The van der Waals surface area contributed by atoms with Gasteiger partial charge in [-0.2, -0.15) is 0 Å². The number of benzene rings is 3. The molecule has 0 aliphatic rings. The van der Waals surface area contributed by atoms with E-state index in [0.717, 1.165) is 11.1 Å². The molecule has 0 aliphatic carbocycles. The third-order valence-electron chi connectivity index (χ3n) is 3.67. The zero-order valence-corrected chi connectivity index (χ0v) is 13.7. The van der Waals surface area contributed by atoms with Gasteiger partial charge >= 0.3 is 0 Å². The van der Waals surface area contributed by atoms with Gasteiger partial charge in [-0.1, -0.05) is 60.1 Å². The normalized spacial score (nSPS) is 10.3. The van der Waals surface area contributed by atoms with Gasteiger partial charge in [0.15, 0.2) is 0 Å². The van der Waals surface area contributed by atoms with E-state index in [0.29, 0.717) is 5.69 Å². The highest BCUT2D eigenvalue weighted by Crippen LogP contribution is 2.29. The first-order chi connectivity index (χ1) is 12.1. The first-order valence-corrected chi connectivity index (χ1v) is 7.84. The molecule has 3 aromatic carbocycles. The number of rotatable bonds is 4. The first-order valence-electron chi connectivity index (χ1n) is 7.46. The van der Waals surface area contributed by atoms with Crippen LogP contribution in [0.2, 0.25) is 5.02 Å². The molecule has 0 unspecified atom stereocenters. The van der Waals surface area contributed by atoms with Crippen LogP contribution in [0.25, 0.3) is 11.1 Å². The van der Waals surface area contributed by atoms with Gasteiger partial charge in [-0.3, -0.25) is 14.9 Å². The zero-order chi connectivity index (χ0) is 17.8. The molecule has 0 atom stereocenters. The molecule has 0 radical (unpaired) electrons. The molecule has 1 N–H and O–H groups in total. The van der Waals surface area contributed by atoms with Crippen molar-refractivity contribution in [2.75, 3.05) is 5.32 Å². The van der Waals surface area contributed by atoms with Crippen molar-refractivity contribution >= 4 is 28.9 Å². The number of nitrogens with one attached hydrogen (secondary N) is 1. The largest absolute Gasteiger partial charge is 0.321 e. The molecule has 25 heavy (non-hydrogen) atoms. The lowest BCUT2D eigenvalue weighted by Crippen LogP contribution is -2.13. The molecule has 6 heteroatoms. The Labute approximate surface area is 149 Å². The quantitative estimate of drug-likeness (QED) is 0.520. The van der Waals surface area contributed by atoms with Crippen LogP contribution in [0.1, 0.15) is 10.4 Å². The SMILES string of the molecule is O=C(Nc1ccccc1-c1ccccc1)c1cc([N+](=O)[O-])ccc1Cl. The number of nitro groups is 1. The molecule has 1 amide bonds. The molecule has 0 fully saturated rings. The van der Waals surface area contributed by atoms with Gasteiger partial charge in [0.25, 0.3) is 11.6 Å². The fraction of sp³-hybridized carbons (Fsp3) is 0. The van der Waals surface area contributed by atoms with Gasteiger partial charge in [-0.05, 0) is 17.7 Å². The molecule has 3 aromatic rings. The number of para-hydroxylation sites is 1. The lowest BCUT2D eigenvalue weighted by atomic mass is 10.0. The standard InChI is InChI=1S/C19H13ClN2O3/c20-17-11-10-14(22(24)25)12-16(17)19(23)21-18-9-5-4-8-15(18)13-6-2-1-3-7-13/h1-12H,(H,21,23). The zero-order valence-electron chi connectivity index (χ0n) is 13.0. The van der Waals surface area contributed by atoms with Crippen molar-refractivity contribution in [3.05, 3.63) is 93.5 Å². The Morgan fingerprint density at radius 3 is 2.36 bits per heavy atom. The van der Waals surface area contributed by atoms with E-state index in [2.05, 4.69) is 5.32 Å². The molecule has 5 nitrogen and oxygen atoms in total. The molecule has 124 valence electrons. The summed E-state index contributed by atoms with van der Waals surface area (Å²) < 4.78 is 0. The van der Waals surface area contributed by atoms with Crippen LogP contribution in [0.4, 0.5) is 11.4 Å². The summed E-state index contributed by atoms with van der Waals surface area (Å²) in [5.74, 6) is -0.503. The summed E-state index contributed by atoms with van der Waals surface area (Å²) in [4.78, 5) is 22.9. The van der Waals surface area contributed by atoms with Crippen LogP contribution < -0.4 is 5.32 Å². The second-order valence-corrected chi connectivity index (χ2v) is 5.69. The number of nitro benzene ring substituents is 1. The minimum atomic E-state index is -0.564. The number of hydrogen-bond acceptors (Lipinski definition) is 3. The maximum absolute atomic E-state index is 12.6. The third kappa shape index (κ3) is 3.67. The monoisotopic (exact) mass is 352 g/mol. The van der Waals surface area contributed by atoms with Gasteiger partial charge in [0.1, 0.15) is 0 Å². The van der Waals surface area contributed by atoms with Crippen LogP contribution >= 0.6 is 11.6 Å². The van der Waals surface area contributed by atoms with Crippen LogP contribution in [0.3, 0.4) is 0 Å². The Morgan fingerprint density at radius 1 is 0.960 bits per heavy atom. The van der Waals surface area contributed by atoms with Gasteiger partial charge in [-0.15, -0.1) is 0 Å². The third-order valence-corrected chi connectivity index (χ3v) is 4.00. The molecule has 0 aromatic heterocycles. The van der Waals surface area contributed by atoms with Crippen LogP contribution in [0.15, 0.2) is 72.8 Å². The van der Waals surface area contributed by atoms with Crippen molar-refractivity contribution in [3.63, 3.8) is 0 Å². The average Bonchev–Trinajstić information content (AvgIpc) is 2.63. The van der Waals surface area contributed by atoms with E-state index in [9.17, 15) is 14.9 Å². The number of anilines is 1. The molecule has 0 aliphatic heterocycles. The van der Waals surface area contributed by atoms with Crippen LogP contribution in [-0.4, -0.2) is 10.8 Å². The summed E-state index contributed by atoms with van der Waals surface area (Å²) >= 11 is 6.04. The van der Waals surface area contributed by atoms with Crippen molar-refractivity contribution < 1.29 is 9.72 Å². The maximum atomic E-state index is 12.6. The number of carbonyl (C=O) groups excluding carboxylic acids is 1. The van der Waals surface area contributed by atoms with Crippen molar-refractivity contribution in [2.45, 2.75) is 0 Å². The van der Waals surface area contributed by atoms with Crippen molar-refractivity contribution in [2.24, 2.45) is 0 Å². The highest BCUT2D eigenvalue weighted by Gasteiger charge is 2.17. The van der Waals surface area contributed by atoms with E-state index < -0.39 is 10.8 Å². The van der Waals surface area contributed by atoms with E-state index in [1.807, 2.05) is 42.5 Å². The molecule has 0 bridgehead atoms. The minimum Gasteiger partial charge on any atom is -0.321 e. The Bertz CT molecular complexity index is 942. The second-order valence-electron chi connectivity index (χ2n) is 5.29. The van der Waals surface area contributed by atoms with Gasteiger partial charge < -0.3 is 5.32 Å². The van der Waals surface area contributed by atoms with Crippen LogP contribution in [0.5, 0.6) is 0 Å². The van der Waals surface area contributed by atoms with Crippen LogP contribution in [-0.2, 0) is 0 Å². The molecule has 3 rings (SSSR count). The van der Waals surface area contributed by atoms with Crippen molar-refractivity contribution in [1.29, 1.82) is 0 Å². The van der Waals surface area contributed by atoms with E-state index in [1.165, 1.54) is 18.2 Å². The molecular weight excluding hydrogens is 340 g/mol. The van der Waals surface area contributed by atoms with Gasteiger partial charge in [0.2, 0.25) is 0 Å². The fourth-order valence-corrected chi connectivity index (χ4v) is 2.66. The van der Waals surface area contributed by atoms with E-state index in [4.69, 9.17) is 11.6 Å². The summed E-state index contributed by atoms with van der Waals surface area (Å²) in [6.45, 7) is 0. The predicted octanol–water partition coefficient (Wildman–Crippen LogP) is 5.17. The Kier molecular flexibility index (Phi) is 4.77. The fourth-order valence-electron chi connectivity index (χ4n) is 2.45. The number of amides is 1. The van der Waals surface area contributed by atoms with E-state index in [1.54, 1.807) is 12.1 Å². The van der Waals surface area contributed by atoms with E-state index >= 15 is 0 Å². The summed E-state index contributed by atoms with van der Waals surface area (Å²) in [5.41, 5.74) is 2.26. The lowest BCUT2D eigenvalue weighted by Gasteiger charge is -2.12. The highest BCUT2D eigenvalue weighted by atomic mass is 35.5. The summed E-state index contributed by atoms with van der Waals surface area (Å²) in [6, 6.07) is 20.7. The Balaban J connectivity index is 1.95. The average molecular weight is 353 g/mol. The lowest BCUT2D eigenvalue weighted by molar-refractivity contribution is -0.384. The highest BCUT2D eigenvalue weighted by molar-refractivity contribution is 6.34. The number of hydrogen-bond donors (Lipinski definition) is 1. The predicted molar refractivity (Wildman–Crippen MR) is 97.9 cm³/mol. The van der Waals surface area contributed by atoms with Gasteiger partial charge in [-0.25, -0.2) is 0 Å². The number of nitrogens with zero attached hydrogens (tertiary/aromatic N) is 1. The Morgan fingerprint density at radius 2 is 1.64 bits per heavy atom. The first kappa shape index (κ1) is 16.7. The van der Waals surface area contributed by atoms with Gasteiger partial charge in [0.05, 0.1) is 15.5 Å². The summed E-state index contributed by atoms with van der Waals surface area (Å²) in [5, 5.41) is 13.9. The van der Waals surface area contributed by atoms with Crippen molar-refractivity contribution in [1.82, 2.24) is 0 Å². The second kappa shape index (κ2) is 7.15. The Hall–Kier alpha value is -3.18.